The molecule has 8 amide bonds. The normalized spacial score (nSPS) is 20.1. The van der Waals surface area contributed by atoms with Crippen LogP contribution in [0.1, 0.15) is 97.3 Å². The molecular formula is C41H71N15O11. The molecule has 3 aliphatic heterocycles. The number of nitrogens with zero attached hydrogens (tertiary/aromatic N) is 3. The fourth-order valence-corrected chi connectivity index (χ4v) is 8.47. The predicted molar refractivity (Wildman–Crippen MR) is 241 cm³/mol. The summed E-state index contributed by atoms with van der Waals surface area (Å²) >= 11 is 0. The Balaban J connectivity index is 1.71. The van der Waals surface area contributed by atoms with Crippen LogP contribution in [0.3, 0.4) is 0 Å². The molecule has 3 fully saturated rings. The highest BCUT2D eigenvalue weighted by Gasteiger charge is 2.43. The largest absolute Gasteiger partial charge is 0.480 e. The highest BCUT2D eigenvalue weighted by Crippen LogP contribution is 2.24. The zero-order chi connectivity index (χ0) is 49.8. The number of carboxylic acid groups (broad SMARTS) is 1. The lowest BCUT2D eigenvalue weighted by molar-refractivity contribution is -0.145. The number of guanidine groups is 2. The van der Waals surface area contributed by atoms with Crippen LogP contribution in [-0.2, 0) is 43.2 Å². The van der Waals surface area contributed by atoms with Crippen molar-refractivity contribution in [2.75, 3.05) is 45.8 Å². The monoisotopic (exact) mass is 950 g/mol. The SMILES string of the molecule is CC(=O)N[C@H](C(=O)N[C@@H](CCCCN)C(=O)N1CCC[C@H]1C(=O)N[C@@H](CCCNC(=N)N)C(=O)N1CCC[C@H]1C(=O)NCC(=O)N1CCC[C@H]1C(=O)N[C@@H](CCCNC(=N)N)C(=O)O)[C@@H](C)O. The van der Waals surface area contributed by atoms with Crippen molar-refractivity contribution in [2.24, 2.45) is 17.2 Å². The lowest BCUT2D eigenvalue weighted by Crippen LogP contribution is -2.59. The summed E-state index contributed by atoms with van der Waals surface area (Å²) in [5, 5.41) is 52.7. The second-order valence-corrected chi connectivity index (χ2v) is 17.0. The van der Waals surface area contributed by atoms with Gasteiger partial charge < -0.3 is 79.3 Å². The van der Waals surface area contributed by atoms with E-state index in [0.29, 0.717) is 38.6 Å². The van der Waals surface area contributed by atoms with E-state index in [1.807, 2.05) is 0 Å². The van der Waals surface area contributed by atoms with Crippen molar-refractivity contribution in [2.45, 2.75) is 146 Å². The van der Waals surface area contributed by atoms with Crippen LogP contribution in [0, 0.1) is 10.8 Å². The number of hydrogen-bond donors (Lipinski definition) is 14. The fraction of sp³-hybridized carbons (Fsp3) is 0.732. The fourth-order valence-electron chi connectivity index (χ4n) is 8.47. The van der Waals surface area contributed by atoms with E-state index in [0.717, 1.165) is 0 Å². The van der Waals surface area contributed by atoms with E-state index < -0.39 is 108 Å². The standard InChI is InChI=1S/C41H71N15O11/c1-23(57)32(50-24(2)58)36(63)52-25(10-3-4-16-42)37(64)56-21-9-15-30(56)35(62)51-26(11-5-17-47-40(43)44)38(65)55-20-8-13-28(55)33(60)49-22-31(59)54-19-7-14-29(54)34(61)53-27(39(66)67)12-6-18-48-41(45)46/h23,25-30,32,57H,3-22,42H2,1-2H3,(H,49,60)(H,50,58)(H,51,62)(H,52,63)(H,53,61)(H,66,67)(H4,43,44,47)(H4,45,46,48)/t23-,25+,26+,27+,28+,29+,30+,32+/m1/s1. The molecule has 26 nitrogen and oxygen atoms in total. The lowest BCUT2D eigenvalue weighted by Gasteiger charge is -2.32. The molecule has 17 N–H and O–H groups in total. The van der Waals surface area contributed by atoms with Crippen LogP contribution in [0.5, 0.6) is 0 Å². The molecule has 0 radical (unpaired) electrons. The van der Waals surface area contributed by atoms with Crippen molar-refractivity contribution >= 4 is 65.1 Å². The quantitative estimate of drug-likeness (QED) is 0.0220. The molecule has 0 unspecified atom stereocenters. The Hall–Kier alpha value is -6.31. The first-order valence-electron chi connectivity index (χ1n) is 22.9. The van der Waals surface area contributed by atoms with Gasteiger partial charge in [0.15, 0.2) is 11.9 Å². The molecule has 3 aliphatic rings. The van der Waals surface area contributed by atoms with E-state index in [9.17, 15) is 53.4 Å². The van der Waals surface area contributed by atoms with Crippen LogP contribution in [0.2, 0.25) is 0 Å². The third kappa shape index (κ3) is 17.1. The van der Waals surface area contributed by atoms with Gasteiger partial charge in [-0.1, -0.05) is 0 Å². The van der Waals surface area contributed by atoms with E-state index in [1.165, 1.54) is 28.5 Å². The maximum Gasteiger partial charge on any atom is 0.326 e. The Morgan fingerprint density at radius 3 is 1.55 bits per heavy atom. The third-order valence-electron chi connectivity index (χ3n) is 11.9. The number of carboxylic acids is 1. The van der Waals surface area contributed by atoms with E-state index in [4.69, 9.17) is 28.0 Å². The maximum absolute atomic E-state index is 14.3. The number of hydrogen-bond acceptors (Lipinski definition) is 13. The van der Waals surface area contributed by atoms with E-state index in [1.54, 1.807) is 0 Å². The van der Waals surface area contributed by atoms with Crippen LogP contribution < -0.4 is 54.4 Å². The van der Waals surface area contributed by atoms with Gasteiger partial charge >= 0.3 is 5.97 Å². The Kier molecular flexibility index (Phi) is 22.5. The Morgan fingerprint density at radius 1 is 0.627 bits per heavy atom. The first kappa shape index (κ1) is 55.0. The molecule has 67 heavy (non-hydrogen) atoms. The summed E-state index contributed by atoms with van der Waals surface area (Å²) in [4.78, 5) is 124. The van der Waals surface area contributed by atoms with E-state index >= 15 is 0 Å². The minimum Gasteiger partial charge on any atom is -0.480 e. The third-order valence-corrected chi connectivity index (χ3v) is 11.9. The number of aliphatic hydroxyl groups excluding tert-OH is 1. The number of carbonyl (C=O) groups excluding carboxylic acids is 8. The lowest BCUT2D eigenvalue weighted by atomic mass is 10.0. The van der Waals surface area contributed by atoms with Crippen LogP contribution >= 0.6 is 0 Å². The van der Waals surface area contributed by atoms with Gasteiger partial charge in [0.2, 0.25) is 47.3 Å². The molecule has 0 spiro atoms. The van der Waals surface area contributed by atoms with Crippen LogP contribution in [0.25, 0.3) is 0 Å². The highest BCUT2D eigenvalue weighted by molar-refractivity contribution is 5.98. The zero-order valence-corrected chi connectivity index (χ0v) is 38.4. The number of aliphatic carboxylic acids is 1. The van der Waals surface area contributed by atoms with Crippen molar-refractivity contribution in [3.63, 3.8) is 0 Å². The molecule has 26 heteroatoms. The second-order valence-electron chi connectivity index (χ2n) is 17.0. The Labute approximate surface area is 389 Å². The van der Waals surface area contributed by atoms with E-state index in [2.05, 4.69) is 37.2 Å². The summed E-state index contributed by atoms with van der Waals surface area (Å²) < 4.78 is 0. The zero-order valence-electron chi connectivity index (χ0n) is 38.4. The molecule has 0 saturated carbocycles. The number of nitrogens with one attached hydrogen (secondary N) is 9. The molecule has 376 valence electrons. The topological polar surface area (TPSA) is 414 Å². The van der Waals surface area contributed by atoms with Gasteiger partial charge in [-0.05, 0) is 96.9 Å². The molecule has 0 aromatic heterocycles. The summed E-state index contributed by atoms with van der Waals surface area (Å²) in [7, 11) is 0. The van der Waals surface area contributed by atoms with Gasteiger partial charge in [-0.15, -0.1) is 0 Å². The maximum atomic E-state index is 14.3. The summed E-state index contributed by atoms with van der Waals surface area (Å²) in [5.74, 6) is -6.91. The summed E-state index contributed by atoms with van der Waals surface area (Å²) in [6, 6.07) is -7.97. The number of aliphatic hydroxyl groups is 1. The number of carbonyl (C=O) groups is 9. The van der Waals surface area contributed by atoms with Crippen LogP contribution in [0.4, 0.5) is 0 Å². The minimum atomic E-state index is -1.35. The van der Waals surface area contributed by atoms with Crippen molar-refractivity contribution in [3.8, 4) is 0 Å². The Morgan fingerprint density at radius 2 is 1.07 bits per heavy atom. The Bertz CT molecular complexity index is 1800. The van der Waals surface area contributed by atoms with Gasteiger partial charge in [-0.2, -0.15) is 0 Å². The van der Waals surface area contributed by atoms with E-state index in [-0.39, 0.29) is 96.0 Å². The molecule has 3 heterocycles. The average molecular weight is 950 g/mol. The molecule has 0 bridgehead atoms. The minimum absolute atomic E-state index is 0.0417. The van der Waals surface area contributed by atoms with Gasteiger partial charge in [0, 0.05) is 39.6 Å². The summed E-state index contributed by atoms with van der Waals surface area (Å²) in [6.45, 7) is 3.21. The van der Waals surface area contributed by atoms with Gasteiger partial charge in [-0.3, -0.25) is 49.2 Å². The molecular weight excluding hydrogens is 879 g/mol. The van der Waals surface area contributed by atoms with Crippen molar-refractivity contribution < 1.29 is 53.4 Å². The number of likely N-dealkylation sites (tertiary alicyclic amines) is 3. The number of unbranched alkanes of at least 4 members (excludes halogenated alkanes) is 1. The molecule has 0 aliphatic carbocycles. The summed E-state index contributed by atoms with van der Waals surface area (Å²) in [5.41, 5.74) is 16.4. The first-order chi connectivity index (χ1) is 31.8. The van der Waals surface area contributed by atoms with Crippen molar-refractivity contribution in [3.05, 3.63) is 0 Å². The van der Waals surface area contributed by atoms with Crippen LogP contribution in [0.15, 0.2) is 0 Å². The first-order valence-corrected chi connectivity index (χ1v) is 22.9. The van der Waals surface area contributed by atoms with Gasteiger partial charge in [-0.25, -0.2) is 4.79 Å². The molecule has 3 rings (SSSR count). The smallest absolute Gasteiger partial charge is 0.326 e. The van der Waals surface area contributed by atoms with Gasteiger partial charge in [0.05, 0.1) is 12.6 Å². The number of rotatable bonds is 26. The average Bonchev–Trinajstić information content (AvgIpc) is 4.07. The number of nitrogens with two attached hydrogens (primary N) is 3. The van der Waals surface area contributed by atoms with Crippen molar-refractivity contribution in [1.29, 1.82) is 10.8 Å². The number of amides is 8. The van der Waals surface area contributed by atoms with Gasteiger partial charge in [0.25, 0.3) is 0 Å². The van der Waals surface area contributed by atoms with Gasteiger partial charge in [0.1, 0.15) is 42.3 Å². The summed E-state index contributed by atoms with van der Waals surface area (Å²) in [6.07, 6.45) is 2.52. The second kappa shape index (κ2) is 27.4. The molecule has 8 atom stereocenters. The van der Waals surface area contributed by atoms with Crippen LogP contribution in [-0.4, -0.2) is 184 Å². The van der Waals surface area contributed by atoms with Crippen molar-refractivity contribution in [1.82, 2.24) is 51.9 Å². The molecule has 0 aromatic carbocycles. The predicted octanol–water partition coefficient (Wildman–Crippen LogP) is -4.84. The molecule has 0 aromatic rings. The highest BCUT2D eigenvalue weighted by atomic mass is 16.4. The molecule has 3 saturated heterocycles.